The first-order valence-electron chi connectivity index (χ1n) is 10.5. The summed E-state index contributed by atoms with van der Waals surface area (Å²) in [4.78, 5) is 31.2. The van der Waals surface area contributed by atoms with E-state index in [1.54, 1.807) is 0 Å². The maximum Gasteiger partial charge on any atom is 0.227 e. The number of carbonyl (C=O) groups excluding carboxylic acids is 2. The molecule has 2 aromatic rings. The van der Waals surface area contributed by atoms with Crippen molar-refractivity contribution in [1.82, 2.24) is 24.8 Å². The predicted octanol–water partition coefficient (Wildman–Crippen LogP) is 2.39. The van der Waals surface area contributed by atoms with Crippen LogP contribution in [-0.4, -0.2) is 50.9 Å². The fourth-order valence-corrected chi connectivity index (χ4v) is 4.04. The van der Waals surface area contributed by atoms with E-state index in [1.165, 1.54) is 0 Å². The molecule has 2 aromatic heterocycles. The van der Waals surface area contributed by atoms with Gasteiger partial charge < -0.3 is 10.2 Å². The van der Waals surface area contributed by atoms with Gasteiger partial charge in [0.15, 0.2) is 5.65 Å². The van der Waals surface area contributed by atoms with Crippen LogP contribution in [0.2, 0.25) is 0 Å². The highest BCUT2D eigenvalue weighted by atomic mass is 16.2. The van der Waals surface area contributed by atoms with E-state index in [0.717, 1.165) is 41.3 Å². The fraction of sp³-hybridized carbons (Fsp3) is 0.565. The van der Waals surface area contributed by atoms with Crippen molar-refractivity contribution < 1.29 is 9.59 Å². The molecule has 7 heteroatoms. The molecule has 0 spiro atoms. The molecule has 3 rings (SSSR count). The van der Waals surface area contributed by atoms with Crippen LogP contribution >= 0.6 is 0 Å². The van der Waals surface area contributed by atoms with E-state index in [1.807, 2.05) is 50.1 Å². The minimum Gasteiger partial charge on any atom is -0.345 e. The second kappa shape index (κ2) is 8.47. The lowest BCUT2D eigenvalue weighted by Gasteiger charge is -2.25. The molecule has 7 nitrogen and oxygen atoms in total. The van der Waals surface area contributed by atoms with Gasteiger partial charge in [0.1, 0.15) is 0 Å². The van der Waals surface area contributed by atoms with E-state index in [9.17, 15) is 9.59 Å². The lowest BCUT2D eigenvalue weighted by atomic mass is 9.95. The first-order valence-corrected chi connectivity index (χ1v) is 10.5. The Balaban J connectivity index is 1.78. The summed E-state index contributed by atoms with van der Waals surface area (Å²) in [5.41, 5.74) is 4.34. The predicted molar refractivity (Wildman–Crippen MR) is 116 cm³/mol. The zero-order chi connectivity index (χ0) is 22.1. The number of nitrogens with zero attached hydrogens (tertiary/aromatic N) is 4. The summed E-state index contributed by atoms with van der Waals surface area (Å²) in [6, 6.07) is 2.03. The van der Waals surface area contributed by atoms with Crippen molar-refractivity contribution in [2.75, 3.05) is 19.6 Å². The minimum absolute atomic E-state index is 0.0671. The first kappa shape index (κ1) is 21.8. The van der Waals surface area contributed by atoms with Crippen LogP contribution in [0, 0.1) is 31.6 Å². The molecule has 1 fully saturated rings. The molecule has 160 valence electrons. The third-order valence-electron chi connectivity index (χ3n) is 5.71. The Morgan fingerprint density at radius 2 is 2.07 bits per heavy atom. The summed E-state index contributed by atoms with van der Waals surface area (Å²) in [5, 5.41) is 7.51. The summed E-state index contributed by atoms with van der Waals surface area (Å²) < 4.78 is 1.87. The van der Waals surface area contributed by atoms with Gasteiger partial charge in [0.25, 0.3) is 0 Å². The zero-order valence-electron chi connectivity index (χ0n) is 18.6. The molecule has 0 bridgehead atoms. The number of carbonyl (C=O) groups is 2. The molecule has 1 aliphatic heterocycles. The van der Waals surface area contributed by atoms with Crippen molar-refractivity contribution in [2.24, 2.45) is 5.41 Å². The quantitative estimate of drug-likeness (QED) is 0.769. The van der Waals surface area contributed by atoms with Gasteiger partial charge in [-0.15, -0.1) is 6.42 Å². The molecule has 1 unspecified atom stereocenters. The molecular formula is C23H31N5O2. The average molecular weight is 410 g/mol. The van der Waals surface area contributed by atoms with Gasteiger partial charge in [-0.1, -0.05) is 26.7 Å². The van der Waals surface area contributed by atoms with Crippen LogP contribution in [0.5, 0.6) is 0 Å². The van der Waals surface area contributed by atoms with Crippen LogP contribution in [0.25, 0.3) is 5.65 Å². The Labute approximate surface area is 178 Å². The second-order valence-corrected chi connectivity index (χ2v) is 9.07. The average Bonchev–Trinajstić information content (AvgIpc) is 3.31. The number of hydrogen-bond donors (Lipinski definition) is 1. The number of likely N-dealkylation sites (tertiary alicyclic amines) is 1. The largest absolute Gasteiger partial charge is 0.345 e. The van der Waals surface area contributed by atoms with E-state index in [-0.39, 0.29) is 29.7 Å². The van der Waals surface area contributed by atoms with Crippen molar-refractivity contribution in [2.45, 2.75) is 59.8 Å². The number of fused-ring (bicyclic) bond motifs is 1. The van der Waals surface area contributed by atoms with E-state index < -0.39 is 0 Å². The van der Waals surface area contributed by atoms with Crippen molar-refractivity contribution in [3.8, 4) is 12.3 Å². The number of terminal acetylenes is 1. The highest BCUT2D eigenvalue weighted by Crippen LogP contribution is 2.30. The summed E-state index contributed by atoms with van der Waals surface area (Å²) >= 11 is 0. The molecule has 30 heavy (non-hydrogen) atoms. The molecule has 0 aromatic carbocycles. The fourth-order valence-electron chi connectivity index (χ4n) is 4.04. The van der Waals surface area contributed by atoms with Crippen LogP contribution < -0.4 is 5.32 Å². The third-order valence-corrected chi connectivity index (χ3v) is 5.71. The van der Waals surface area contributed by atoms with Crippen LogP contribution in [-0.2, 0) is 16.0 Å². The van der Waals surface area contributed by atoms with Gasteiger partial charge in [0.05, 0.1) is 12.2 Å². The SMILES string of the molecule is C#CCNC(=O)CCc1c(C)nc2cc(C3CCN(C(=O)C(C)(C)C)C3)nn2c1C. The molecule has 0 aliphatic carbocycles. The molecule has 1 atom stereocenters. The molecule has 0 saturated carbocycles. The van der Waals surface area contributed by atoms with Gasteiger partial charge in [-0.05, 0) is 32.3 Å². The van der Waals surface area contributed by atoms with E-state index in [0.29, 0.717) is 19.4 Å². The minimum atomic E-state index is -0.371. The molecule has 3 heterocycles. The van der Waals surface area contributed by atoms with E-state index in [4.69, 9.17) is 16.5 Å². The molecule has 2 amide bonds. The summed E-state index contributed by atoms with van der Waals surface area (Å²) in [6.07, 6.45) is 7.04. The Morgan fingerprint density at radius 1 is 1.33 bits per heavy atom. The maximum atomic E-state index is 12.6. The van der Waals surface area contributed by atoms with Crippen LogP contribution in [0.15, 0.2) is 6.07 Å². The number of aryl methyl sites for hydroxylation is 2. The lowest BCUT2D eigenvalue weighted by molar-refractivity contribution is -0.138. The zero-order valence-corrected chi connectivity index (χ0v) is 18.6. The molecule has 1 aliphatic rings. The normalized spacial score (nSPS) is 16.7. The van der Waals surface area contributed by atoms with Crippen LogP contribution in [0.1, 0.15) is 62.2 Å². The van der Waals surface area contributed by atoms with Gasteiger partial charge in [-0.3, -0.25) is 9.59 Å². The van der Waals surface area contributed by atoms with Gasteiger partial charge >= 0.3 is 0 Å². The van der Waals surface area contributed by atoms with Crippen molar-refractivity contribution in [3.63, 3.8) is 0 Å². The Morgan fingerprint density at radius 3 is 2.73 bits per heavy atom. The van der Waals surface area contributed by atoms with Crippen molar-refractivity contribution in [3.05, 3.63) is 28.7 Å². The molecule has 1 saturated heterocycles. The summed E-state index contributed by atoms with van der Waals surface area (Å²) in [5.74, 6) is 2.74. The number of hydrogen-bond acceptors (Lipinski definition) is 4. The lowest BCUT2D eigenvalue weighted by Crippen LogP contribution is -2.37. The maximum absolute atomic E-state index is 12.6. The topological polar surface area (TPSA) is 79.6 Å². The second-order valence-electron chi connectivity index (χ2n) is 9.07. The molecule has 0 radical (unpaired) electrons. The monoisotopic (exact) mass is 409 g/mol. The Bertz CT molecular complexity index is 1010. The first-order chi connectivity index (χ1) is 14.1. The smallest absolute Gasteiger partial charge is 0.227 e. The van der Waals surface area contributed by atoms with Gasteiger partial charge in [0.2, 0.25) is 11.8 Å². The van der Waals surface area contributed by atoms with Crippen molar-refractivity contribution >= 4 is 17.5 Å². The van der Waals surface area contributed by atoms with Gasteiger partial charge in [-0.25, -0.2) is 9.50 Å². The molecule has 1 N–H and O–H groups in total. The summed E-state index contributed by atoms with van der Waals surface area (Å²) in [7, 11) is 0. The number of amides is 2. The number of rotatable bonds is 5. The van der Waals surface area contributed by atoms with Crippen LogP contribution in [0.4, 0.5) is 0 Å². The van der Waals surface area contributed by atoms with Gasteiger partial charge in [-0.2, -0.15) is 5.10 Å². The Kier molecular flexibility index (Phi) is 6.16. The number of aromatic nitrogens is 3. The third kappa shape index (κ3) is 4.48. The molecular weight excluding hydrogens is 378 g/mol. The highest BCUT2D eigenvalue weighted by molar-refractivity contribution is 5.81. The summed E-state index contributed by atoms with van der Waals surface area (Å²) in [6.45, 7) is 11.5. The van der Waals surface area contributed by atoms with Gasteiger partial charge in [0, 0.05) is 48.3 Å². The standard InChI is InChI=1S/C23H31N5O2/c1-7-11-24-21(29)9-8-18-15(2)25-20-13-19(26-28(20)16(18)3)17-10-12-27(14-17)22(30)23(4,5)6/h1,13,17H,8-12,14H2,2-6H3,(H,24,29). The van der Waals surface area contributed by atoms with Crippen molar-refractivity contribution in [1.29, 1.82) is 0 Å². The van der Waals surface area contributed by atoms with Crippen LogP contribution in [0.3, 0.4) is 0 Å². The van der Waals surface area contributed by atoms with E-state index >= 15 is 0 Å². The van der Waals surface area contributed by atoms with E-state index in [2.05, 4.69) is 11.2 Å². The Hall–Kier alpha value is -2.88. The number of nitrogens with one attached hydrogen (secondary N) is 1. The highest BCUT2D eigenvalue weighted by Gasteiger charge is 2.34.